The molecule has 0 heterocycles. The molecule has 0 aliphatic heterocycles. The van der Waals surface area contributed by atoms with Crippen molar-refractivity contribution in [3.05, 3.63) is 64.2 Å². The summed E-state index contributed by atoms with van der Waals surface area (Å²) in [4.78, 5) is 27.9. The van der Waals surface area contributed by atoms with Crippen LogP contribution in [0.25, 0.3) is 0 Å². The predicted octanol–water partition coefficient (Wildman–Crippen LogP) is 3.51. The normalized spacial score (nSPS) is 12.5. The minimum atomic E-state index is -4.00. The number of aryl methyl sites for hydroxylation is 2. The maximum Gasteiger partial charge on any atom is 0.304 e. The Bertz CT molecular complexity index is 1150. The molecule has 2 aromatic rings. The maximum atomic E-state index is 13.7. The average molecular weight is 523 g/mol. The van der Waals surface area contributed by atoms with Gasteiger partial charge in [0.15, 0.2) is 0 Å². The molecule has 0 fully saturated rings. The van der Waals surface area contributed by atoms with E-state index in [0.29, 0.717) is 16.3 Å². The van der Waals surface area contributed by atoms with E-state index in [9.17, 15) is 18.0 Å². The first kappa shape index (κ1) is 28.6. The highest BCUT2D eigenvalue weighted by Crippen LogP contribution is 2.26. The van der Waals surface area contributed by atoms with E-state index in [0.717, 1.165) is 19.7 Å². The minimum Gasteiger partial charge on any atom is -0.352 e. The minimum absolute atomic E-state index is 0.113. The van der Waals surface area contributed by atoms with Crippen molar-refractivity contribution >= 4 is 39.3 Å². The van der Waals surface area contributed by atoms with Gasteiger partial charge in [-0.3, -0.25) is 9.59 Å². The first-order valence-electron chi connectivity index (χ1n) is 11.4. The fourth-order valence-electron chi connectivity index (χ4n) is 3.46. The first-order chi connectivity index (χ1) is 16.2. The van der Waals surface area contributed by atoms with Crippen LogP contribution >= 0.6 is 11.6 Å². The molecule has 0 aliphatic rings. The van der Waals surface area contributed by atoms with Crippen molar-refractivity contribution in [1.29, 1.82) is 0 Å². The van der Waals surface area contributed by atoms with Crippen molar-refractivity contribution < 1.29 is 18.0 Å². The summed E-state index contributed by atoms with van der Waals surface area (Å²) < 4.78 is 28.7. The quantitative estimate of drug-likeness (QED) is 0.517. The van der Waals surface area contributed by atoms with Crippen LogP contribution in [0, 0.1) is 13.8 Å². The van der Waals surface area contributed by atoms with Crippen LogP contribution in [-0.4, -0.2) is 62.2 Å². The van der Waals surface area contributed by atoms with Crippen LogP contribution in [0.1, 0.15) is 37.5 Å². The van der Waals surface area contributed by atoms with Gasteiger partial charge in [-0.05, 0) is 69.5 Å². The molecule has 8 nitrogen and oxygen atoms in total. The Morgan fingerprint density at radius 2 is 1.60 bits per heavy atom. The standard InChI is InChI=1S/C25H35ClN4O4S/c1-17(2)27-25(32)20(5)29(15-21-10-12-22(26)13-11-21)24(31)16-30(35(33,34)28(6)7)23-14-18(3)8-9-19(23)4/h8-14,17,20H,15-16H2,1-7H3,(H,27,32). The summed E-state index contributed by atoms with van der Waals surface area (Å²) in [5.74, 6) is -0.825. The zero-order chi connectivity index (χ0) is 26.5. The molecule has 2 rings (SSSR count). The lowest BCUT2D eigenvalue weighted by Crippen LogP contribution is -2.53. The number of amides is 2. The molecule has 2 amide bonds. The molecule has 2 aromatic carbocycles. The van der Waals surface area contributed by atoms with Crippen molar-refractivity contribution in [2.45, 2.75) is 53.2 Å². The lowest BCUT2D eigenvalue weighted by atomic mass is 10.1. The van der Waals surface area contributed by atoms with E-state index in [-0.39, 0.29) is 18.5 Å². The third-order valence-corrected chi connectivity index (χ3v) is 7.57. The Kier molecular flexibility index (Phi) is 9.71. The monoisotopic (exact) mass is 522 g/mol. The predicted molar refractivity (Wildman–Crippen MR) is 141 cm³/mol. The Hall–Kier alpha value is -2.62. The zero-order valence-electron chi connectivity index (χ0n) is 21.4. The molecule has 35 heavy (non-hydrogen) atoms. The molecule has 0 bridgehead atoms. The van der Waals surface area contributed by atoms with Crippen LogP contribution in [0.4, 0.5) is 5.69 Å². The molecular weight excluding hydrogens is 488 g/mol. The Labute approximate surface area is 214 Å². The second kappa shape index (κ2) is 11.9. The molecule has 1 unspecified atom stereocenters. The van der Waals surface area contributed by atoms with E-state index in [4.69, 9.17) is 11.6 Å². The SMILES string of the molecule is Cc1ccc(C)c(N(CC(=O)N(Cc2ccc(Cl)cc2)C(C)C(=O)NC(C)C)S(=O)(=O)N(C)C)c1. The number of hydrogen-bond donors (Lipinski definition) is 1. The number of carbonyl (C=O) groups excluding carboxylic acids is 2. The van der Waals surface area contributed by atoms with Gasteiger partial charge in [0.2, 0.25) is 11.8 Å². The van der Waals surface area contributed by atoms with Gasteiger partial charge >= 0.3 is 10.2 Å². The summed E-state index contributed by atoms with van der Waals surface area (Å²) in [6.07, 6.45) is 0. The number of nitrogens with zero attached hydrogens (tertiary/aromatic N) is 3. The zero-order valence-corrected chi connectivity index (χ0v) is 22.9. The van der Waals surface area contributed by atoms with Gasteiger partial charge in [-0.25, -0.2) is 4.31 Å². The van der Waals surface area contributed by atoms with Crippen molar-refractivity contribution in [3.63, 3.8) is 0 Å². The van der Waals surface area contributed by atoms with Gasteiger partial charge in [0.25, 0.3) is 0 Å². The molecule has 1 N–H and O–H groups in total. The second-order valence-electron chi connectivity index (χ2n) is 9.07. The van der Waals surface area contributed by atoms with Gasteiger partial charge < -0.3 is 10.2 Å². The van der Waals surface area contributed by atoms with E-state index in [1.54, 1.807) is 44.2 Å². The van der Waals surface area contributed by atoms with Crippen LogP contribution in [0.5, 0.6) is 0 Å². The molecule has 192 valence electrons. The summed E-state index contributed by atoms with van der Waals surface area (Å²) in [7, 11) is -1.16. The van der Waals surface area contributed by atoms with Gasteiger partial charge in [0.1, 0.15) is 12.6 Å². The molecule has 0 saturated carbocycles. The number of halogens is 1. The number of carbonyl (C=O) groups is 2. The third kappa shape index (κ3) is 7.43. The Morgan fingerprint density at radius 3 is 2.14 bits per heavy atom. The van der Waals surface area contributed by atoms with Gasteiger partial charge in [0.05, 0.1) is 5.69 Å². The van der Waals surface area contributed by atoms with Gasteiger partial charge in [-0.2, -0.15) is 12.7 Å². The van der Waals surface area contributed by atoms with E-state index in [1.165, 1.54) is 19.0 Å². The van der Waals surface area contributed by atoms with Crippen LogP contribution in [0.2, 0.25) is 5.02 Å². The molecule has 0 radical (unpaired) electrons. The topological polar surface area (TPSA) is 90.0 Å². The lowest BCUT2D eigenvalue weighted by Gasteiger charge is -2.33. The highest BCUT2D eigenvalue weighted by atomic mass is 35.5. The number of anilines is 1. The first-order valence-corrected chi connectivity index (χ1v) is 13.1. The van der Waals surface area contributed by atoms with E-state index < -0.39 is 28.7 Å². The molecule has 0 spiro atoms. The number of hydrogen-bond acceptors (Lipinski definition) is 4. The largest absolute Gasteiger partial charge is 0.352 e. The number of benzene rings is 2. The summed E-state index contributed by atoms with van der Waals surface area (Å²) in [5.41, 5.74) is 2.75. The number of rotatable bonds is 10. The fourth-order valence-corrected chi connectivity index (χ4v) is 4.70. The summed E-state index contributed by atoms with van der Waals surface area (Å²) >= 11 is 6.00. The fraction of sp³-hybridized carbons (Fsp3) is 0.440. The molecule has 0 aromatic heterocycles. The molecular formula is C25H35ClN4O4S. The summed E-state index contributed by atoms with van der Waals surface area (Å²) in [6, 6.07) is 11.4. The Morgan fingerprint density at radius 1 is 1.00 bits per heavy atom. The second-order valence-corrected chi connectivity index (χ2v) is 11.6. The van der Waals surface area contributed by atoms with E-state index >= 15 is 0 Å². The van der Waals surface area contributed by atoms with Crippen molar-refractivity contribution in [2.75, 3.05) is 24.9 Å². The smallest absolute Gasteiger partial charge is 0.304 e. The average Bonchev–Trinajstić information content (AvgIpc) is 2.77. The maximum absolute atomic E-state index is 13.7. The lowest BCUT2D eigenvalue weighted by molar-refractivity contribution is -0.139. The van der Waals surface area contributed by atoms with E-state index in [1.807, 2.05) is 32.9 Å². The van der Waals surface area contributed by atoms with Gasteiger partial charge in [-0.15, -0.1) is 0 Å². The summed E-state index contributed by atoms with van der Waals surface area (Å²) in [5, 5.41) is 3.38. The van der Waals surface area contributed by atoms with Crippen molar-refractivity contribution in [1.82, 2.24) is 14.5 Å². The van der Waals surface area contributed by atoms with Gasteiger partial charge in [0, 0.05) is 31.7 Å². The molecule has 10 heteroatoms. The molecule has 0 aliphatic carbocycles. The van der Waals surface area contributed by atoms with Crippen LogP contribution < -0.4 is 9.62 Å². The van der Waals surface area contributed by atoms with E-state index in [2.05, 4.69) is 5.32 Å². The van der Waals surface area contributed by atoms with Crippen molar-refractivity contribution in [3.8, 4) is 0 Å². The van der Waals surface area contributed by atoms with Crippen molar-refractivity contribution in [2.24, 2.45) is 0 Å². The Balaban J connectivity index is 2.50. The van der Waals surface area contributed by atoms with Crippen LogP contribution in [-0.2, 0) is 26.3 Å². The van der Waals surface area contributed by atoms with Gasteiger partial charge in [-0.1, -0.05) is 35.9 Å². The molecule has 0 saturated heterocycles. The molecule has 1 atom stereocenters. The highest BCUT2D eigenvalue weighted by molar-refractivity contribution is 7.90. The van der Waals surface area contributed by atoms with Crippen LogP contribution in [0.15, 0.2) is 42.5 Å². The summed E-state index contributed by atoms with van der Waals surface area (Å²) in [6.45, 7) is 8.61. The highest BCUT2D eigenvalue weighted by Gasteiger charge is 2.33. The van der Waals surface area contributed by atoms with Crippen LogP contribution in [0.3, 0.4) is 0 Å². The third-order valence-electron chi connectivity index (χ3n) is 5.52. The number of nitrogens with one attached hydrogen (secondary N) is 1.